The van der Waals surface area contributed by atoms with Crippen LogP contribution in [0.5, 0.6) is 5.75 Å². The third-order valence-electron chi connectivity index (χ3n) is 4.81. The van der Waals surface area contributed by atoms with E-state index >= 15 is 0 Å². The van der Waals surface area contributed by atoms with Crippen LogP contribution in [-0.4, -0.2) is 37.5 Å². The van der Waals surface area contributed by atoms with E-state index in [2.05, 4.69) is 5.32 Å². The fraction of sp³-hybridized carbons (Fsp3) is 0.588. The maximum atomic E-state index is 12.7. The molecule has 1 aromatic rings. The van der Waals surface area contributed by atoms with Gasteiger partial charge in [0, 0.05) is 13.1 Å². The number of nitrogens with one attached hydrogen (secondary N) is 1. The van der Waals surface area contributed by atoms with Gasteiger partial charge in [-0.05, 0) is 48.3 Å². The van der Waals surface area contributed by atoms with Gasteiger partial charge in [-0.3, -0.25) is 0 Å². The number of methoxy groups -OCH3 is 1. The number of rotatable bonds is 3. The highest BCUT2D eigenvalue weighted by molar-refractivity contribution is 5.73. The smallest absolute Gasteiger partial charge is 0.490 e. The van der Waals surface area contributed by atoms with Crippen LogP contribution in [0.1, 0.15) is 24.0 Å². The van der Waals surface area contributed by atoms with Crippen LogP contribution in [0.15, 0.2) is 18.2 Å². The predicted molar refractivity (Wildman–Crippen MR) is 83.4 cm³/mol. The van der Waals surface area contributed by atoms with Gasteiger partial charge < -0.3 is 15.2 Å². The number of carboxylic acid groups (broad SMARTS) is 1. The van der Waals surface area contributed by atoms with Gasteiger partial charge in [0.2, 0.25) is 0 Å². The first-order valence-corrected chi connectivity index (χ1v) is 8.11. The molecule has 1 saturated heterocycles. The monoisotopic (exact) mass is 399 g/mol. The summed E-state index contributed by atoms with van der Waals surface area (Å²) in [6.45, 7) is 2.18. The molecule has 2 aliphatic rings. The van der Waals surface area contributed by atoms with Crippen molar-refractivity contribution in [3.63, 3.8) is 0 Å². The zero-order valence-corrected chi connectivity index (χ0v) is 14.4. The Morgan fingerprint density at radius 2 is 1.78 bits per heavy atom. The fourth-order valence-corrected chi connectivity index (χ4v) is 3.48. The summed E-state index contributed by atoms with van der Waals surface area (Å²) in [5, 5.41) is 10.4. The molecule has 1 aliphatic carbocycles. The molecule has 0 radical (unpaired) electrons. The molecule has 0 aromatic heterocycles. The molecule has 3 rings (SSSR count). The average Bonchev–Trinajstić information content (AvgIpc) is 2.47. The summed E-state index contributed by atoms with van der Waals surface area (Å²) in [6, 6.07) is 3.82. The molecule has 1 aromatic carbocycles. The maximum absolute atomic E-state index is 12.7. The highest BCUT2D eigenvalue weighted by atomic mass is 19.4. The molecule has 152 valence electrons. The van der Waals surface area contributed by atoms with E-state index in [9.17, 15) is 26.3 Å². The van der Waals surface area contributed by atoms with Crippen molar-refractivity contribution < 1.29 is 41.0 Å². The zero-order valence-electron chi connectivity index (χ0n) is 14.4. The minimum absolute atomic E-state index is 0.354. The molecule has 0 bridgehead atoms. The van der Waals surface area contributed by atoms with Gasteiger partial charge >= 0.3 is 18.3 Å². The lowest BCUT2D eigenvalue weighted by Crippen LogP contribution is -2.60. The van der Waals surface area contributed by atoms with Gasteiger partial charge in [0.25, 0.3) is 0 Å². The van der Waals surface area contributed by atoms with E-state index in [1.165, 1.54) is 20.0 Å². The molecule has 0 amide bonds. The van der Waals surface area contributed by atoms with Crippen LogP contribution >= 0.6 is 0 Å². The Labute approximate surface area is 151 Å². The second-order valence-electron chi connectivity index (χ2n) is 6.91. The van der Waals surface area contributed by atoms with E-state index in [1.54, 1.807) is 6.07 Å². The van der Waals surface area contributed by atoms with E-state index < -0.39 is 23.9 Å². The lowest BCUT2D eigenvalue weighted by molar-refractivity contribution is -0.192. The highest BCUT2D eigenvalue weighted by Gasteiger charge is 2.48. The molecule has 2 N–H and O–H groups in total. The Hall–Kier alpha value is -1.97. The molecule has 1 aliphatic heterocycles. The first-order valence-electron chi connectivity index (χ1n) is 8.11. The molecule has 0 atom stereocenters. The number of hydrogen-bond donors (Lipinski definition) is 2. The van der Waals surface area contributed by atoms with Crippen molar-refractivity contribution in [2.75, 3.05) is 20.2 Å². The topological polar surface area (TPSA) is 58.6 Å². The highest BCUT2D eigenvalue weighted by Crippen LogP contribution is 2.50. The minimum atomic E-state index is -5.08. The standard InChI is InChI=1S/C15H18F3NO.C2HF3O2/c1-20-13-5-12(15(16,17)18)3-2-11(13)4-10-6-14(7-10)8-19-9-14;3-2(4,5)1(6)7/h2-3,5,10,19H,4,6-9H2,1H3;(H,6,7). The summed E-state index contributed by atoms with van der Waals surface area (Å²) in [6.07, 6.45) is -6.25. The summed E-state index contributed by atoms with van der Waals surface area (Å²) < 4.78 is 74.9. The van der Waals surface area contributed by atoms with Gasteiger partial charge in [0.15, 0.2) is 0 Å². The maximum Gasteiger partial charge on any atom is 0.490 e. The molecule has 10 heteroatoms. The first kappa shape index (κ1) is 21.3. The molecule has 4 nitrogen and oxygen atoms in total. The number of carboxylic acids is 1. The van der Waals surface area contributed by atoms with E-state index in [4.69, 9.17) is 14.6 Å². The normalized spacial score (nSPS) is 18.8. The number of alkyl halides is 6. The van der Waals surface area contributed by atoms with E-state index in [-0.39, 0.29) is 0 Å². The second-order valence-corrected chi connectivity index (χ2v) is 6.91. The molecule has 1 heterocycles. The molecule has 27 heavy (non-hydrogen) atoms. The van der Waals surface area contributed by atoms with E-state index in [0.29, 0.717) is 17.1 Å². The third kappa shape index (κ3) is 5.27. The van der Waals surface area contributed by atoms with Crippen molar-refractivity contribution in [2.24, 2.45) is 11.3 Å². The summed E-state index contributed by atoms with van der Waals surface area (Å²) in [7, 11) is 1.43. The van der Waals surface area contributed by atoms with Crippen LogP contribution < -0.4 is 10.1 Å². The Morgan fingerprint density at radius 1 is 1.22 bits per heavy atom. The third-order valence-corrected chi connectivity index (χ3v) is 4.81. The van der Waals surface area contributed by atoms with Gasteiger partial charge in [0.05, 0.1) is 12.7 Å². The molecular formula is C17H19F6NO3. The van der Waals surface area contributed by atoms with Crippen LogP contribution in [0, 0.1) is 11.3 Å². The predicted octanol–water partition coefficient (Wildman–Crippen LogP) is 3.89. The lowest BCUT2D eigenvalue weighted by atomic mass is 9.57. The van der Waals surface area contributed by atoms with Gasteiger partial charge in [0.1, 0.15) is 5.75 Å². The quantitative estimate of drug-likeness (QED) is 0.758. The van der Waals surface area contributed by atoms with Crippen molar-refractivity contribution in [1.29, 1.82) is 0 Å². The minimum Gasteiger partial charge on any atom is -0.496 e. The molecular weight excluding hydrogens is 380 g/mol. The van der Waals surface area contributed by atoms with Crippen LogP contribution in [0.3, 0.4) is 0 Å². The molecule has 1 spiro atoms. The van der Waals surface area contributed by atoms with Crippen LogP contribution in [-0.2, 0) is 17.4 Å². The Balaban J connectivity index is 0.000000321. The van der Waals surface area contributed by atoms with Gasteiger partial charge in [-0.2, -0.15) is 26.3 Å². The largest absolute Gasteiger partial charge is 0.496 e. The van der Waals surface area contributed by atoms with Crippen molar-refractivity contribution in [1.82, 2.24) is 5.32 Å². The number of ether oxygens (including phenoxy) is 1. The first-order chi connectivity index (χ1) is 12.4. The number of aliphatic carboxylic acids is 1. The van der Waals surface area contributed by atoms with Crippen molar-refractivity contribution in [3.05, 3.63) is 29.3 Å². The van der Waals surface area contributed by atoms with Crippen LogP contribution in [0.25, 0.3) is 0 Å². The van der Waals surface area contributed by atoms with Crippen LogP contribution in [0.2, 0.25) is 0 Å². The van der Waals surface area contributed by atoms with Gasteiger partial charge in [-0.15, -0.1) is 0 Å². The number of halogens is 6. The number of benzene rings is 1. The van der Waals surface area contributed by atoms with Crippen molar-refractivity contribution in [2.45, 2.75) is 31.6 Å². The Bertz CT molecular complexity index is 674. The van der Waals surface area contributed by atoms with Crippen molar-refractivity contribution in [3.8, 4) is 5.75 Å². The summed E-state index contributed by atoms with van der Waals surface area (Å²) in [4.78, 5) is 8.90. The average molecular weight is 399 g/mol. The van der Waals surface area contributed by atoms with E-state index in [1.807, 2.05) is 0 Å². The molecule has 0 unspecified atom stereocenters. The molecule has 2 fully saturated rings. The van der Waals surface area contributed by atoms with Gasteiger partial charge in [-0.25, -0.2) is 4.79 Å². The summed E-state index contributed by atoms with van der Waals surface area (Å²) in [5.74, 6) is -1.83. The van der Waals surface area contributed by atoms with E-state index in [0.717, 1.165) is 37.2 Å². The number of hydrogen-bond acceptors (Lipinski definition) is 3. The second kappa shape index (κ2) is 7.57. The Kier molecular flexibility index (Phi) is 5.98. The fourth-order valence-electron chi connectivity index (χ4n) is 3.48. The van der Waals surface area contributed by atoms with Gasteiger partial charge in [-0.1, -0.05) is 6.07 Å². The number of carbonyl (C=O) groups is 1. The summed E-state index contributed by atoms with van der Waals surface area (Å²) in [5.41, 5.74) is 0.725. The summed E-state index contributed by atoms with van der Waals surface area (Å²) >= 11 is 0. The Morgan fingerprint density at radius 3 is 2.15 bits per heavy atom. The van der Waals surface area contributed by atoms with Crippen molar-refractivity contribution >= 4 is 5.97 Å². The lowest BCUT2D eigenvalue weighted by Gasteiger charge is -2.54. The molecule has 1 saturated carbocycles. The SMILES string of the molecule is COc1cc(C(F)(F)F)ccc1CC1CC2(CNC2)C1.O=C(O)C(F)(F)F. The zero-order chi connectivity index (χ0) is 20.5. The van der Waals surface area contributed by atoms with Crippen LogP contribution in [0.4, 0.5) is 26.3 Å².